The van der Waals surface area contributed by atoms with Crippen LogP contribution in [0.15, 0.2) is 30.3 Å². The molecule has 0 spiro atoms. The van der Waals surface area contributed by atoms with Crippen molar-refractivity contribution in [3.05, 3.63) is 35.9 Å². The van der Waals surface area contributed by atoms with Crippen molar-refractivity contribution in [1.29, 1.82) is 0 Å². The monoisotopic (exact) mass is 522 g/mol. The van der Waals surface area contributed by atoms with Gasteiger partial charge in [-0.1, -0.05) is 64.0 Å². The third-order valence-electron chi connectivity index (χ3n) is 6.48. The third-order valence-corrected chi connectivity index (χ3v) is 6.48. The van der Waals surface area contributed by atoms with Gasteiger partial charge in [-0.3, -0.25) is 0 Å². The van der Waals surface area contributed by atoms with Crippen molar-refractivity contribution in [2.24, 2.45) is 0 Å². The van der Waals surface area contributed by atoms with Gasteiger partial charge < -0.3 is 19.7 Å². The predicted octanol–water partition coefficient (Wildman–Crippen LogP) is 7.54. The van der Waals surface area contributed by atoms with E-state index in [-0.39, 0.29) is 5.75 Å². The first-order valence-electron chi connectivity index (χ1n) is 13.8. The van der Waals surface area contributed by atoms with E-state index in [2.05, 4.69) is 31.8 Å². The van der Waals surface area contributed by atoms with Gasteiger partial charge in [0.25, 0.3) is 0 Å². The van der Waals surface area contributed by atoms with E-state index >= 15 is 0 Å². The number of unbranched alkanes of at least 4 members (excludes halogenated alkanes) is 7. The highest BCUT2D eigenvalue weighted by Crippen LogP contribution is 2.24. The van der Waals surface area contributed by atoms with E-state index in [9.17, 15) is 13.2 Å². The van der Waals surface area contributed by atoms with Gasteiger partial charge in [-0.15, -0.1) is 13.2 Å². The van der Waals surface area contributed by atoms with Gasteiger partial charge in [0.1, 0.15) is 17.4 Å². The summed E-state index contributed by atoms with van der Waals surface area (Å²) in [6.45, 7) is 5.36. The summed E-state index contributed by atoms with van der Waals surface area (Å²) in [7, 11) is 0. The second-order valence-corrected chi connectivity index (χ2v) is 9.63. The molecule has 1 saturated heterocycles. The average molecular weight is 523 g/mol. The predicted molar refractivity (Wildman–Crippen MR) is 142 cm³/mol. The molecule has 0 atom stereocenters. The van der Waals surface area contributed by atoms with Crippen molar-refractivity contribution in [1.82, 2.24) is 9.97 Å². The quantitative estimate of drug-likeness (QED) is 0.230. The molecule has 1 aromatic heterocycles. The fourth-order valence-corrected chi connectivity index (χ4v) is 4.45. The Kier molecular flexibility index (Phi) is 12.1. The molecule has 37 heavy (non-hydrogen) atoms. The molecular weight excluding hydrogens is 481 g/mol. The summed E-state index contributed by atoms with van der Waals surface area (Å²) in [6, 6.07) is 8.29. The van der Waals surface area contributed by atoms with Gasteiger partial charge in [-0.25, -0.2) is 0 Å². The maximum atomic E-state index is 12.4. The lowest BCUT2D eigenvalue weighted by molar-refractivity contribution is -0.274. The van der Waals surface area contributed by atoms with E-state index in [1.807, 2.05) is 6.07 Å². The van der Waals surface area contributed by atoms with Crippen LogP contribution in [0.3, 0.4) is 0 Å². The number of anilines is 2. The van der Waals surface area contributed by atoms with Crippen molar-refractivity contribution in [2.75, 3.05) is 36.5 Å². The highest BCUT2D eigenvalue weighted by Gasteiger charge is 2.30. The fraction of sp³-hybridized carbons (Fsp3) is 0.643. The molecular formula is C28H41F3N4O2. The molecule has 0 aliphatic carbocycles. The van der Waals surface area contributed by atoms with Gasteiger partial charge in [0.15, 0.2) is 0 Å². The van der Waals surface area contributed by atoms with Crippen molar-refractivity contribution in [3.63, 3.8) is 0 Å². The smallest absolute Gasteiger partial charge is 0.463 e. The van der Waals surface area contributed by atoms with Gasteiger partial charge in [-0.2, -0.15) is 9.97 Å². The Bertz CT molecular complexity index is 903. The van der Waals surface area contributed by atoms with Crippen LogP contribution in [0.25, 0.3) is 0 Å². The first kappa shape index (κ1) is 28.9. The largest absolute Gasteiger partial charge is 0.573 e. The molecule has 0 radical (unpaired) electrons. The molecule has 2 aromatic rings. The second kappa shape index (κ2) is 15.5. The lowest BCUT2D eigenvalue weighted by Crippen LogP contribution is -2.30. The zero-order valence-electron chi connectivity index (χ0n) is 22.0. The van der Waals surface area contributed by atoms with Crippen molar-refractivity contribution < 1.29 is 22.6 Å². The van der Waals surface area contributed by atoms with E-state index in [4.69, 9.17) is 4.74 Å². The second-order valence-electron chi connectivity index (χ2n) is 9.63. The van der Waals surface area contributed by atoms with Crippen LogP contribution in [0.1, 0.15) is 83.1 Å². The van der Waals surface area contributed by atoms with Crippen LogP contribution >= 0.6 is 0 Å². The number of ether oxygens (including phenoxy) is 2. The molecule has 6 nitrogen and oxygen atoms in total. The molecule has 1 aliphatic rings. The Balaban J connectivity index is 1.50. The Morgan fingerprint density at radius 1 is 0.892 bits per heavy atom. The number of benzene rings is 1. The van der Waals surface area contributed by atoms with Crippen molar-refractivity contribution >= 4 is 11.6 Å². The SMILES string of the molecule is CCCCCCCCCCOc1nc(NCCc2ccc(OC(F)(F)F)cc2)cc(N2CCCCC2)n1. The lowest BCUT2D eigenvalue weighted by Gasteiger charge is -2.28. The number of nitrogens with one attached hydrogen (secondary N) is 1. The molecule has 1 N–H and O–H groups in total. The number of piperidine rings is 1. The van der Waals surface area contributed by atoms with Crippen LogP contribution in [-0.4, -0.2) is 42.6 Å². The Labute approximate surface area is 219 Å². The van der Waals surface area contributed by atoms with Crippen molar-refractivity contribution in [2.45, 2.75) is 90.3 Å². The highest BCUT2D eigenvalue weighted by atomic mass is 19.4. The Morgan fingerprint density at radius 2 is 1.57 bits per heavy atom. The molecule has 0 amide bonds. The van der Waals surface area contributed by atoms with Gasteiger partial charge in [0.2, 0.25) is 0 Å². The average Bonchev–Trinajstić information content (AvgIpc) is 2.88. The zero-order valence-corrected chi connectivity index (χ0v) is 22.0. The highest BCUT2D eigenvalue weighted by molar-refractivity contribution is 5.50. The number of hydrogen-bond acceptors (Lipinski definition) is 6. The molecule has 1 fully saturated rings. The number of halogens is 3. The standard InChI is InChI=1S/C28H41F3N4O2/c1-2-3-4-5-6-7-8-12-21-36-27-33-25(22-26(34-27)35-19-10-9-11-20-35)32-18-17-23-13-15-24(16-14-23)37-28(29,30)31/h13-16,22H,2-12,17-21H2,1H3,(H,32,33,34). The molecule has 206 valence electrons. The minimum absolute atomic E-state index is 0.218. The van der Waals surface area contributed by atoms with E-state index in [0.717, 1.165) is 50.2 Å². The van der Waals surface area contributed by atoms with Gasteiger partial charge in [-0.05, 0) is 49.8 Å². The first-order valence-corrected chi connectivity index (χ1v) is 13.8. The number of aromatic nitrogens is 2. The molecule has 0 unspecified atom stereocenters. The van der Waals surface area contributed by atoms with Crippen LogP contribution in [0.4, 0.5) is 24.8 Å². The van der Waals surface area contributed by atoms with E-state index in [1.54, 1.807) is 12.1 Å². The van der Waals surface area contributed by atoms with Gasteiger partial charge in [0.05, 0.1) is 6.61 Å². The number of nitrogens with zero attached hydrogens (tertiary/aromatic N) is 3. The molecule has 1 aromatic carbocycles. The third kappa shape index (κ3) is 11.5. The summed E-state index contributed by atoms with van der Waals surface area (Å²) in [4.78, 5) is 11.5. The van der Waals surface area contributed by atoms with Crippen LogP contribution in [0.5, 0.6) is 11.8 Å². The summed E-state index contributed by atoms with van der Waals surface area (Å²) >= 11 is 0. The molecule has 1 aliphatic heterocycles. The minimum Gasteiger partial charge on any atom is -0.463 e. The van der Waals surface area contributed by atoms with E-state index in [0.29, 0.717) is 31.4 Å². The molecule has 9 heteroatoms. The first-order chi connectivity index (χ1) is 17.9. The topological polar surface area (TPSA) is 59.5 Å². The minimum atomic E-state index is -4.68. The number of hydrogen-bond donors (Lipinski definition) is 1. The van der Waals surface area contributed by atoms with Crippen LogP contribution in [-0.2, 0) is 6.42 Å². The maximum absolute atomic E-state index is 12.4. The molecule has 0 bridgehead atoms. The van der Waals surface area contributed by atoms with Crippen molar-refractivity contribution in [3.8, 4) is 11.8 Å². The maximum Gasteiger partial charge on any atom is 0.573 e. The zero-order chi connectivity index (χ0) is 26.3. The Hall–Kier alpha value is -2.71. The fourth-order valence-electron chi connectivity index (χ4n) is 4.45. The Morgan fingerprint density at radius 3 is 2.24 bits per heavy atom. The summed E-state index contributed by atoms with van der Waals surface area (Å²) in [5.41, 5.74) is 0.901. The number of alkyl halides is 3. The molecule has 3 rings (SSSR count). The molecule has 2 heterocycles. The number of rotatable bonds is 16. The summed E-state index contributed by atoms with van der Waals surface area (Å²) < 4.78 is 47.0. The van der Waals surface area contributed by atoms with Gasteiger partial charge in [0, 0.05) is 25.7 Å². The van der Waals surface area contributed by atoms with E-state index in [1.165, 1.54) is 57.1 Å². The summed E-state index contributed by atoms with van der Waals surface area (Å²) in [5, 5.41) is 3.33. The van der Waals surface area contributed by atoms with Crippen LogP contribution in [0.2, 0.25) is 0 Å². The van der Waals surface area contributed by atoms with Crippen LogP contribution < -0.4 is 19.7 Å². The normalized spacial score (nSPS) is 14.0. The lowest BCUT2D eigenvalue weighted by atomic mass is 10.1. The molecule has 0 saturated carbocycles. The van der Waals surface area contributed by atoms with Gasteiger partial charge >= 0.3 is 12.4 Å². The summed E-state index contributed by atoms with van der Waals surface area (Å²) in [5.74, 6) is 1.35. The summed E-state index contributed by atoms with van der Waals surface area (Å²) in [6.07, 6.45) is 9.38. The van der Waals surface area contributed by atoms with E-state index < -0.39 is 6.36 Å². The van der Waals surface area contributed by atoms with Crippen LogP contribution in [0, 0.1) is 0 Å².